The lowest BCUT2D eigenvalue weighted by Gasteiger charge is -2.23. The number of carbonyl (C=O) groups is 1. The zero-order valence-electron chi connectivity index (χ0n) is 18.8. The molecule has 0 saturated carbocycles. The summed E-state index contributed by atoms with van der Waals surface area (Å²) in [5.74, 6) is 1.57. The Hall–Kier alpha value is -2.61. The van der Waals surface area contributed by atoms with E-state index in [-0.39, 0.29) is 5.91 Å². The number of rotatable bonds is 10. The van der Waals surface area contributed by atoms with Crippen molar-refractivity contribution in [2.24, 2.45) is 0 Å². The first-order valence-corrected chi connectivity index (χ1v) is 10.9. The molecule has 31 heavy (non-hydrogen) atoms. The first-order chi connectivity index (χ1) is 15.1. The molecular weight excluding hydrogens is 394 g/mol. The number of quaternary nitrogens is 2. The van der Waals surface area contributed by atoms with Crippen LogP contribution in [0.2, 0.25) is 0 Å². The molecule has 1 fully saturated rings. The van der Waals surface area contributed by atoms with Gasteiger partial charge in [0.2, 0.25) is 0 Å². The molecule has 3 rings (SSSR count). The van der Waals surface area contributed by atoms with Crippen LogP contribution in [0, 0.1) is 0 Å². The summed E-state index contributed by atoms with van der Waals surface area (Å²) in [6.45, 7) is 6.49. The monoisotopic (exact) mass is 429 g/mol. The highest BCUT2D eigenvalue weighted by Gasteiger charge is 2.15. The van der Waals surface area contributed by atoms with Crippen molar-refractivity contribution in [3.63, 3.8) is 0 Å². The van der Waals surface area contributed by atoms with Crippen molar-refractivity contribution in [2.45, 2.75) is 19.6 Å². The molecule has 1 heterocycles. The third kappa shape index (κ3) is 7.24. The minimum absolute atomic E-state index is 0.0341. The predicted molar refractivity (Wildman–Crippen MR) is 119 cm³/mol. The molecule has 1 amide bonds. The number of likely N-dealkylation sites (N-methyl/N-ethyl adjacent to an activating group) is 1. The van der Waals surface area contributed by atoms with E-state index in [0.717, 1.165) is 60.4 Å². The molecule has 1 aliphatic rings. The van der Waals surface area contributed by atoms with Gasteiger partial charge in [-0.05, 0) is 17.7 Å². The van der Waals surface area contributed by atoms with Crippen LogP contribution in [-0.2, 0) is 29.2 Å². The maximum atomic E-state index is 12.4. The van der Waals surface area contributed by atoms with Gasteiger partial charge in [0.15, 0.2) is 6.54 Å². The van der Waals surface area contributed by atoms with E-state index in [2.05, 4.69) is 29.6 Å². The molecule has 1 saturated heterocycles. The number of carbonyl (C=O) groups excluding carboxylic acids is 1. The SMILES string of the molecule is COc1ccc(C[NH+](C)CC(=O)NCc2ccc(C[NH+]3CCOCC3)cc2)c(OC)c1. The topological polar surface area (TPSA) is 65.7 Å². The number of amides is 1. The summed E-state index contributed by atoms with van der Waals surface area (Å²) in [7, 11) is 5.29. The van der Waals surface area contributed by atoms with Gasteiger partial charge in [-0.15, -0.1) is 0 Å². The van der Waals surface area contributed by atoms with Gasteiger partial charge in [0.05, 0.1) is 34.5 Å². The van der Waals surface area contributed by atoms with Crippen LogP contribution in [0.1, 0.15) is 16.7 Å². The van der Waals surface area contributed by atoms with E-state index in [4.69, 9.17) is 14.2 Å². The Balaban J connectivity index is 1.43. The lowest BCUT2D eigenvalue weighted by molar-refractivity contribution is -0.921. The minimum Gasteiger partial charge on any atom is -0.497 e. The summed E-state index contributed by atoms with van der Waals surface area (Å²) in [5.41, 5.74) is 3.49. The van der Waals surface area contributed by atoms with E-state index in [1.54, 1.807) is 19.1 Å². The molecule has 168 valence electrons. The zero-order chi connectivity index (χ0) is 22.1. The van der Waals surface area contributed by atoms with Gasteiger partial charge < -0.3 is 29.3 Å². The maximum Gasteiger partial charge on any atom is 0.275 e. The summed E-state index contributed by atoms with van der Waals surface area (Å²) in [5, 5.41) is 3.03. The van der Waals surface area contributed by atoms with Crippen LogP contribution < -0.4 is 24.6 Å². The molecule has 3 N–H and O–H groups in total. The van der Waals surface area contributed by atoms with Gasteiger partial charge >= 0.3 is 0 Å². The van der Waals surface area contributed by atoms with E-state index in [1.165, 1.54) is 5.56 Å². The molecule has 7 nitrogen and oxygen atoms in total. The molecule has 0 spiro atoms. The first kappa shape index (κ1) is 23.1. The van der Waals surface area contributed by atoms with Crippen LogP contribution in [0.4, 0.5) is 0 Å². The molecule has 1 atom stereocenters. The van der Waals surface area contributed by atoms with E-state index >= 15 is 0 Å². The van der Waals surface area contributed by atoms with E-state index in [9.17, 15) is 4.79 Å². The molecule has 0 aromatic heterocycles. The minimum atomic E-state index is 0.0341. The average molecular weight is 430 g/mol. The highest BCUT2D eigenvalue weighted by molar-refractivity contribution is 5.76. The second-order valence-electron chi connectivity index (χ2n) is 8.12. The quantitative estimate of drug-likeness (QED) is 0.474. The predicted octanol–water partition coefficient (Wildman–Crippen LogP) is -0.550. The lowest BCUT2D eigenvalue weighted by atomic mass is 10.1. The summed E-state index contributed by atoms with van der Waals surface area (Å²) in [6, 6.07) is 14.3. The number of morpholine rings is 1. The van der Waals surface area contributed by atoms with Crippen molar-refractivity contribution in [1.82, 2.24) is 5.32 Å². The number of methoxy groups -OCH3 is 2. The van der Waals surface area contributed by atoms with Crippen LogP contribution in [0.25, 0.3) is 0 Å². The lowest BCUT2D eigenvalue weighted by Crippen LogP contribution is -3.12. The number of nitrogens with one attached hydrogen (secondary N) is 3. The van der Waals surface area contributed by atoms with E-state index < -0.39 is 0 Å². The van der Waals surface area contributed by atoms with Crippen molar-refractivity contribution in [3.05, 3.63) is 59.2 Å². The highest BCUT2D eigenvalue weighted by atomic mass is 16.5. The van der Waals surface area contributed by atoms with Crippen molar-refractivity contribution < 1.29 is 28.8 Å². The highest BCUT2D eigenvalue weighted by Crippen LogP contribution is 2.23. The van der Waals surface area contributed by atoms with Gasteiger partial charge in [-0.3, -0.25) is 4.79 Å². The summed E-state index contributed by atoms with van der Waals surface area (Å²) < 4.78 is 16.1. The first-order valence-electron chi connectivity index (χ1n) is 10.9. The average Bonchev–Trinajstić information content (AvgIpc) is 2.79. The molecule has 0 bridgehead atoms. The van der Waals surface area contributed by atoms with Crippen molar-refractivity contribution >= 4 is 5.91 Å². The van der Waals surface area contributed by atoms with Gasteiger partial charge in [-0.2, -0.15) is 0 Å². The van der Waals surface area contributed by atoms with Gasteiger partial charge in [0.25, 0.3) is 5.91 Å². The zero-order valence-corrected chi connectivity index (χ0v) is 18.8. The van der Waals surface area contributed by atoms with Gasteiger partial charge in [0.1, 0.15) is 37.7 Å². The van der Waals surface area contributed by atoms with E-state index in [1.807, 2.05) is 25.2 Å². The Morgan fingerprint density at radius 1 is 1.06 bits per heavy atom. The normalized spacial score (nSPS) is 15.3. The second-order valence-corrected chi connectivity index (χ2v) is 8.12. The number of benzene rings is 2. The van der Waals surface area contributed by atoms with Crippen molar-refractivity contribution in [3.8, 4) is 11.5 Å². The molecular formula is C24H35N3O4+2. The van der Waals surface area contributed by atoms with Gasteiger partial charge in [0, 0.05) is 23.7 Å². The second kappa shape index (κ2) is 11.7. The fourth-order valence-electron chi connectivity index (χ4n) is 3.82. The third-order valence-corrected chi connectivity index (χ3v) is 5.62. The smallest absolute Gasteiger partial charge is 0.275 e. The fourth-order valence-corrected chi connectivity index (χ4v) is 3.82. The van der Waals surface area contributed by atoms with Crippen LogP contribution in [0.5, 0.6) is 11.5 Å². The van der Waals surface area contributed by atoms with Crippen LogP contribution in [-0.4, -0.2) is 60.0 Å². The van der Waals surface area contributed by atoms with Crippen LogP contribution in [0.15, 0.2) is 42.5 Å². The number of ether oxygens (including phenoxy) is 3. The molecule has 7 heteroatoms. The Kier molecular flexibility index (Phi) is 8.70. The Labute approximate surface area is 184 Å². The van der Waals surface area contributed by atoms with Crippen LogP contribution >= 0.6 is 0 Å². The van der Waals surface area contributed by atoms with E-state index in [0.29, 0.717) is 19.6 Å². The Bertz CT molecular complexity index is 835. The molecule has 0 aliphatic carbocycles. The molecule has 0 radical (unpaired) electrons. The molecule has 2 aromatic carbocycles. The Morgan fingerprint density at radius 3 is 2.45 bits per heavy atom. The summed E-state index contributed by atoms with van der Waals surface area (Å²) in [4.78, 5) is 15.1. The fraction of sp³-hybridized carbons (Fsp3) is 0.458. The molecule has 1 unspecified atom stereocenters. The molecule has 2 aromatic rings. The molecule has 1 aliphatic heterocycles. The van der Waals surface area contributed by atoms with Gasteiger partial charge in [-0.1, -0.05) is 24.3 Å². The number of hydrogen-bond acceptors (Lipinski definition) is 4. The standard InChI is InChI=1S/C24H33N3O4/c1-26(17-21-8-9-22(29-2)14-23(21)30-3)18-24(28)25-15-19-4-6-20(7-5-19)16-27-10-12-31-13-11-27/h4-9,14H,10-13,15-18H2,1-3H3,(H,25,28)/p+2. The number of hydrogen-bond donors (Lipinski definition) is 3. The van der Waals surface area contributed by atoms with Gasteiger partial charge in [-0.25, -0.2) is 0 Å². The third-order valence-electron chi connectivity index (χ3n) is 5.62. The summed E-state index contributed by atoms with van der Waals surface area (Å²) >= 11 is 0. The van der Waals surface area contributed by atoms with Crippen LogP contribution in [0.3, 0.4) is 0 Å². The largest absolute Gasteiger partial charge is 0.497 e. The van der Waals surface area contributed by atoms with Crippen molar-refractivity contribution in [2.75, 3.05) is 54.1 Å². The maximum absolute atomic E-state index is 12.4. The Morgan fingerprint density at radius 2 is 1.77 bits per heavy atom. The summed E-state index contributed by atoms with van der Waals surface area (Å²) in [6.07, 6.45) is 0. The van der Waals surface area contributed by atoms with Crippen molar-refractivity contribution in [1.29, 1.82) is 0 Å².